The predicted octanol–water partition coefficient (Wildman–Crippen LogP) is 8.94. The third-order valence-electron chi connectivity index (χ3n) is 6.45. The number of anilines is 4. The molecular formula is C36H33ClN6O2. The molecule has 0 atom stereocenters. The Morgan fingerprint density at radius 1 is 0.422 bits per heavy atom. The van der Waals surface area contributed by atoms with Crippen molar-refractivity contribution in [2.24, 2.45) is 9.98 Å². The summed E-state index contributed by atoms with van der Waals surface area (Å²) in [6.07, 6.45) is 0. The molecule has 0 fully saturated rings. The van der Waals surface area contributed by atoms with E-state index >= 15 is 0 Å². The molecule has 0 heterocycles. The molecule has 5 rings (SSSR count). The molecule has 8 nitrogen and oxygen atoms in total. The molecule has 5 aromatic rings. The second-order valence-corrected chi connectivity index (χ2v) is 9.96. The lowest BCUT2D eigenvalue weighted by Gasteiger charge is -2.09. The molecule has 4 N–H and O–H groups in total. The summed E-state index contributed by atoms with van der Waals surface area (Å²) >= 11 is 0. The molecular weight excluding hydrogens is 584 g/mol. The Balaban J connectivity index is 0.00000461. The molecule has 0 aliphatic heterocycles. The SMILES string of the molecule is CC(=Nc1ccc(NC(=O)c2ccc(C(=O)Nc3ccc(N=C(C)Nc4ccccc4)cc3)cc2)cc1)Nc1ccccc1.Cl. The number of nitrogens with zero attached hydrogens (tertiary/aromatic N) is 2. The van der Waals surface area contributed by atoms with E-state index in [0.717, 1.165) is 34.4 Å². The highest BCUT2D eigenvalue weighted by Crippen LogP contribution is 2.20. The monoisotopic (exact) mass is 616 g/mol. The van der Waals surface area contributed by atoms with E-state index in [2.05, 4.69) is 31.3 Å². The number of carbonyl (C=O) groups excluding carboxylic acids is 2. The fourth-order valence-electron chi connectivity index (χ4n) is 4.32. The molecule has 2 amide bonds. The first kappa shape index (κ1) is 32.2. The van der Waals surface area contributed by atoms with Gasteiger partial charge >= 0.3 is 0 Å². The zero-order valence-corrected chi connectivity index (χ0v) is 25.6. The number of benzene rings is 5. The molecule has 0 aromatic heterocycles. The first-order valence-electron chi connectivity index (χ1n) is 14.1. The van der Waals surface area contributed by atoms with Crippen molar-refractivity contribution in [2.75, 3.05) is 21.3 Å². The zero-order valence-electron chi connectivity index (χ0n) is 24.8. The smallest absolute Gasteiger partial charge is 0.255 e. The van der Waals surface area contributed by atoms with E-state index in [9.17, 15) is 9.59 Å². The molecule has 45 heavy (non-hydrogen) atoms. The van der Waals surface area contributed by atoms with E-state index in [1.165, 1.54) is 0 Å². The first-order valence-corrected chi connectivity index (χ1v) is 14.1. The van der Waals surface area contributed by atoms with Crippen LogP contribution in [0.25, 0.3) is 0 Å². The summed E-state index contributed by atoms with van der Waals surface area (Å²) in [5.74, 6) is 0.961. The number of carbonyl (C=O) groups is 2. The van der Waals surface area contributed by atoms with Gasteiger partial charge in [0.2, 0.25) is 0 Å². The van der Waals surface area contributed by atoms with Gasteiger partial charge in [0.25, 0.3) is 11.8 Å². The molecule has 0 unspecified atom stereocenters. The minimum atomic E-state index is -0.275. The van der Waals surface area contributed by atoms with Gasteiger partial charge in [-0.1, -0.05) is 36.4 Å². The van der Waals surface area contributed by atoms with Crippen LogP contribution in [-0.4, -0.2) is 23.5 Å². The Bertz CT molecular complexity index is 1640. The van der Waals surface area contributed by atoms with Crippen LogP contribution in [0.2, 0.25) is 0 Å². The van der Waals surface area contributed by atoms with Gasteiger partial charge in [-0.25, -0.2) is 9.98 Å². The number of nitrogens with one attached hydrogen (secondary N) is 4. The number of rotatable bonds is 8. The van der Waals surface area contributed by atoms with Crippen molar-refractivity contribution in [3.8, 4) is 0 Å². The van der Waals surface area contributed by atoms with Crippen molar-refractivity contribution in [1.82, 2.24) is 0 Å². The Morgan fingerprint density at radius 2 is 0.733 bits per heavy atom. The molecule has 5 aromatic carbocycles. The van der Waals surface area contributed by atoms with Crippen LogP contribution in [-0.2, 0) is 0 Å². The standard InChI is InChI=1S/C36H32N6O2.ClH/c1-25(37-29-9-5-3-6-10-29)39-31-17-21-33(22-18-31)41-35(43)27-13-15-28(16-14-27)36(44)42-34-23-19-32(20-24-34)40-26(2)38-30-11-7-4-8-12-30;/h3-24H,1-2H3,(H,37,39)(H,38,40)(H,41,43)(H,42,44);1H. The number of halogens is 1. The summed E-state index contributed by atoms with van der Waals surface area (Å²) in [6, 6.07) is 40.7. The van der Waals surface area contributed by atoms with Crippen molar-refractivity contribution in [3.63, 3.8) is 0 Å². The molecule has 0 spiro atoms. The number of amides is 2. The largest absolute Gasteiger partial charge is 0.344 e. The van der Waals surface area contributed by atoms with Crippen molar-refractivity contribution >= 4 is 70.0 Å². The van der Waals surface area contributed by atoms with Crippen LogP contribution < -0.4 is 21.3 Å². The van der Waals surface area contributed by atoms with Gasteiger partial charge in [0.15, 0.2) is 0 Å². The quantitative estimate of drug-likeness (QED) is 0.103. The summed E-state index contributed by atoms with van der Waals surface area (Å²) in [7, 11) is 0. The van der Waals surface area contributed by atoms with Gasteiger partial charge in [-0.15, -0.1) is 12.4 Å². The van der Waals surface area contributed by atoms with Crippen molar-refractivity contribution in [3.05, 3.63) is 145 Å². The summed E-state index contributed by atoms with van der Waals surface area (Å²) in [5.41, 5.74) is 5.61. The van der Waals surface area contributed by atoms with E-state index in [4.69, 9.17) is 0 Å². The van der Waals surface area contributed by atoms with Gasteiger partial charge in [0, 0.05) is 33.9 Å². The molecule has 9 heteroatoms. The maximum absolute atomic E-state index is 12.8. The van der Waals surface area contributed by atoms with Crippen LogP contribution in [0.15, 0.2) is 143 Å². The second kappa shape index (κ2) is 15.7. The van der Waals surface area contributed by atoms with Crippen molar-refractivity contribution in [1.29, 1.82) is 0 Å². The number of amidine groups is 2. The fourth-order valence-corrected chi connectivity index (χ4v) is 4.32. The first-order chi connectivity index (χ1) is 21.4. The van der Waals surface area contributed by atoms with Gasteiger partial charge in [-0.05, 0) is 111 Å². The number of hydrogen-bond donors (Lipinski definition) is 4. The molecule has 226 valence electrons. The number of aliphatic imine (C=N–C) groups is 2. The normalized spacial score (nSPS) is 11.2. The van der Waals surface area contributed by atoms with Crippen LogP contribution in [0.4, 0.5) is 34.1 Å². The number of hydrogen-bond acceptors (Lipinski definition) is 4. The summed E-state index contributed by atoms with van der Waals surface area (Å²) in [4.78, 5) is 34.7. The van der Waals surface area contributed by atoms with Crippen LogP contribution in [0.3, 0.4) is 0 Å². The van der Waals surface area contributed by atoms with Crippen molar-refractivity contribution in [2.45, 2.75) is 13.8 Å². The third kappa shape index (κ3) is 9.64. The van der Waals surface area contributed by atoms with Gasteiger partial charge < -0.3 is 21.3 Å². The molecule has 0 bridgehead atoms. The molecule has 0 saturated carbocycles. The van der Waals surface area contributed by atoms with Crippen LogP contribution in [0, 0.1) is 0 Å². The number of para-hydroxylation sites is 2. The second-order valence-electron chi connectivity index (χ2n) is 9.96. The van der Waals surface area contributed by atoms with Gasteiger partial charge in [0.1, 0.15) is 11.7 Å². The predicted molar refractivity (Wildman–Crippen MR) is 188 cm³/mol. The highest BCUT2D eigenvalue weighted by atomic mass is 35.5. The van der Waals surface area contributed by atoms with Gasteiger partial charge in [-0.2, -0.15) is 0 Å². The topological polar surface area (TPSA) is 107 Å². The Labute approximate surface area is 268 Å². The van der Waals surface area contributed by atoms with E-state index in [1.54, 1.807) is 48.5 Å². The summed E-state index contributed by atoms with van der Waals surface area (Å²) in [5, 5.41) is 12.3. The molecule has 0 radical (unpaired) electrons. The lowest BCUT2D eigenvalue weighted by molar-refractivity contribution is 0.101. The Hall–Kier alpha value is -5.73. The maximum Gasteiger partial charge on any atom is 0.255 e. The molecule has 0 aliphatic rings. The third-order valence-corrected chi connectivity index (χ3v) is 6.45. The lowest BCUT2D eigenvalue weighted by Crippen LogP contribution is -2.14. The molecule has 0 aliphatic carbocycles. The highest BCUT2D eigenvalue weighted by Gasteiger charge is 2.10. The average molecular weight is 617 g/mol. The lowest BCUT2D eigenvalue weighted by atomic mass is 10.1. The van der Waals surface area contributed by atoms with Crippen molar-refractivity contribution < 1.29 is 9.59 Å². The average Bonchev–Trinajstić information content (AvgIpc) is 3.04. The van der Waals surface area contributed by atoms with Gasteiger partial charge in [0.05, 0.1) is 11.4 Å². The Morgan fingerprint density at radius 3 is 1.07 bits per heavy atom. The van der Waals surface area contributed by atoms with E-state index in [0.29, 0.717) is 22.5 Å². The fraction of sp³-hybridized carbons (Fsp3) is 0.0556. The molecule has 0 saturated heterocycles. The van der Waals surface area contributed by atoms with Crippen LogP contribution in [0.5, 0.6) is 0 Å². The van der Waals surface area contributed by atoms with Gasteiger partial charge in [-0.3, -0.25) is 9.59 Å². The minimum Gasteiger partial charge on any atom is -0.344 e. The van der Waals surface area contributed by atoms with Crippen LogP contribution in [0.1, 0.15) is 34.6 Å². The van der Waals surface area contributed by atoms with E-state index < -0.39 is 0 Å². The van der Waals surface area contributed by atoms with E-state index in [-0.39, 0.29) is 24.2 Å². The van der Waals surface area contributed by atoms with Crippen LogP contribution >= 0.6 is 12.4 Å². The maximum atomic E-state index is 12.8. The minimum absolute atomic E-state index is 0. The van der Waals surface area contributed by atoms with E-state index in [1.807, 2.05) is 98.8 Å². The highest BCUT2D eigenvalue weighted by molar-refractivity contribution is 6.07. The zero-order chi connectivity index (χ0) is 30.7. The summed E-state index contributed by atoms with van der Waals surface area (Å²) < 4.78 is 0. The Kier molecular flexibility index (Phi) is 11.2. The summed E-state index contributed by atoms with van der Waals surface area (Å²) in [6.45, 7) is 3.79.